The first kappa shape index (κ1) is 13.2. The van der Waals surface area contributed by atoms with Crippen molar-refractivity contribution in [1.29, 1.82) is 0 Å². The monoisotopic (exact) mass is 224 g/mol. The first-order valence-corrected chi connectivity index (χ1v) is 6.23. The highest BCUT2D eigenvalue weighted by atomic mass is 16.2. The fourth-order valence-electron chi connectivity index (χ4n) is 2.38. The maximum atomic E-state index is 12.2. The topological polar surface area (TPSA) is 46.3 Å². The third-order valence-corrected chi connectivity index (χ3v) is 3.22. The predicted molar refractivity (Wildman–Crippen MR) is 67.0 cm³/mol. The van der Waals surface area contributed by atoms with Gasteiger partial charge in [-0.3, -0.25) is 4.79 Å². The Hall–Kier alpha value is -0.830. The molecule has 1 fully saturated rings. The molecule has 0 saturated heterocycles. The van der Waals surface area contributed by atoms with Crippen LogP contribution in [0.3, 0.4) is 0 Å². The molecule has 16 heavy (non-hydrogen) atoms. The largest absolute Gasteiger partial charge is 0.339 e. The molecule has 2 N–H and O–H groups in total. The lowest BCUT2D eigenvalue weighted by Gasteiger charge is -2.31. The molecule has 0 bridgehead atoms. The molecule has 0 radical (unpaired) electrons. The smallest absolute Gasteiger partial charge is 0.226 e. The van der Waals surface area contributed by atoms with Gasteiger partial charge in [-0.2, -0.15) is 0 Å². The van der Waals surface area contributed by atoms with Gasteiger partial charge < -0.3 is 10.6 Å². The number of likely N-dealkylation sites (N-methyl/N-ethyl adjacent to an activating group) is 1. The van der Waals surface area contributed by atoms with Crippen molar-refractivity contribution < 1.29 is 4.79 Å². The summed E-state index contributed by atoms with van der Waals surface area (Å²) in [6, 6.07) is 0.214. The fraction of sp³-hybridized carbons (Fsp3) is 0.769. The van der Waals surface area contributed by atoms with Crippen LogP contribution in [0.2, 0.25) is 0 Å². The summed E-state index contributed by atoms with van der Waals surface area (Å²) in [6.07, 6.45) is 4.00. The average molecular weight is 224 g/mol. The number of rotatable bonds is 4. The van der Waals surface area contributed by atoms with Gasteiger partial charge in [-0.1, -0.05) is 18.6 Å². The maximum Gasteiger partial charge on any atom is 0.226 e. The molecule has 2 atom stereocenters. The van der Waals surface area contributed by atoms with Gasteiger partial charge in [0.15, 0.2) is 0 Å². The zero-order valence-corrected chi connectivity index (χ0v) is 10.5. The highest BCUT2D eigenvalue weighted by molar-refractivity contribution is 5.79. The predicted octanol–water partition coefficient (Wildman–Crippen LogP) is 1.93. The highest BCUT2D eigenvalue weighted by Gasteiger charge is 2.28. The van der Waals surface area contributed by atoms with Crippen LogP contribution in [0.15, 0.2) is 12.2 Å². The molecular formula is C13H24N2O. The van der Waals surface area contributed by atoms with E-state index in [0.29, 0.717) is 6.54 Å². The summed E-state index contributed by atoms with van der Waals surface area (Å²) < 4.78 is 0. The zero-order chi connectivity index (χ0) is 12.1. The summed E-state index contributed by atoms with van der Waals surface area (Å²) >= 11 is 0. The van der Waals surface area contributed by atoms with Crippen LogP contribution in [-0.2, 0) is 4.79 Å². The average Bonchev–Trinajstić information content (AvgIpc) is 2.24. The number of carbonyl (C=O) groups excluding carboxylic acids is 1. The first-order chi connectivity index (χ1) is 7.54. The zero-order valence-electron chi connectivity index (χ0n) is 10.5. The van der Waals surface area contributed by atoms with Gasteiger partial charge in [0.2, 0.25) is 5.91 Å². The molecule has 92 valence electrons. The Bertz CT molecular complexity index is 263. The molecule has 0 aromatic heterocycles. The van der Waals surface area contributed by atoms with Gasteiger partial charge in [0.25, 0.3) is 0 Å². The summed E-state index contributed by atoms with van der Waals surface area (Å²) in [5.41, 5.74) is 6.95. The number of hydrogen-bond donors (Lipinski definition) is 1. The van der Waals surface area contributed by atoms with E-state index in [4.69, 9.17) is 5.73 Å². The molecule has 1 saturated carbocycles. The van der Waals surface area contributed by atoms with E-state index in [1.165, 1.54) is 0 Å². The van der Waals surface area contributed by atoms with Crippen molar-refractivity contribution in [1.82, 2.24) is 4.90 Å². The maximum absolute atomic E-state index is 12.2. The Morgan fingerprint density at radius 3 is 2.69 bits per heavy atom. The van der Waals surface area contributed by atoms with Gasteiger partial charge in [0.1, 0.15) is 0 Å². The van der Waals surface area contributed by atoms with E-state index in [-0.39, 0.29) is 17.9 Å². The number of amides is 1. The number of nitrogens with two attached hydrogens (primary N) is 1. The van der Waals surface area contributed by atoms with Gasteiger partial charge in [-0.05, 0) is 33.1 Å². The van der Waals surface area contributed by atoms with Crippen molar-refractivity contribution in [3.8, 4) is 0 Å². The molecule has 3 heteroatoms. The Balaban J connectivity index is 2.56. The van der Waals surface area contributed by atoms with Gasteiger partial charge in [0, 0.05) is 25.0 Å². The van der Waals surface area contributed by atoms with Crippen molar-refractivity contribution in [3.63, 3.8) is 0 Å². The Kier molecular flexibility index (Phi) is 5.00. The van der Waals surface area contributed by atoms with Crippen LogP contribution in [0, 0.1) is 5.92 Å². The van der Waals surface area contributed by atoms with Gasteiger partial charge in [-0.25, -0.2) is 0 Å². The van der Waals surface area contributed by atoms with Crippen LogP contribution >= 0.6 is 0 Å². The normalized spacial score (nSPS) is 25.2. The molecule has 0 aliphatic heterocycles. The molecule has 1 rings (SSSR count). The lowest BCUT2D eigenvalue weighted by Crippen LogP contribution is -2.41. The second-order valence-corrected chi connectivity index (χ2v) is 4.93. The minimum atomic E-state index is 0.142. The van der Waals surface area contributed by atoms with Crippen molar-refractivity contribution in [2.45, 2.75) is 45.6 Å². The molecule has 1 aliphatic rings. The minimum Gasteiger partial charge on any atom is -0.339 e. The first-order valence-electron chi connectivity index (χ1n) is 6.23. The molecule has 0 spiro atoms. The SMILES string of the molecule is C=C(C)CN(CC)C(=O)C1CCCC(N)C1. The Morgan fingerprint density at radius 1 is 1.50 bits per heavy atom. The number of nitrogens with zero attached hydrogens (tertiary/aromatic N) is 1. The van der Waals surface area contributed by atoms with Gasteiger partial charge >= 0.3 is 0 Å². The molecule has 0 aromatic rings. The van der Waals surface area contributed by atoms with Crippen LogP contribution < -0.4 is 5.73 Å². The van der Waals surface area contributed by atoms with Crippen LogP contribution in [0.1, 0.15) is 39.5 Å². The van der Waals surface area contributed by atoms with E-state index in [1.54, 1.807) is 0 Å². The standard InChI is InChI=1S/C13H24N2O/c1-4-15(9-10(2)3)13(16)11-6-5-7-12(14)8-11/h11-12H,2,4-9,14H2,1,3H3. The van der Waals surface area contributed by atoms with Crippen molar-refractivity contribution in [3.05, 3.63) is 12.2 Å². The van der Waals surface area contributed by atoms with E-state index in [0.717, 1.165) is 37.8 Å². The molecule has 3 nitrogen and oxygen atoms in total. The lowest BCUT2D eigenvalue weighted by molar-refractivity contribution is -0.136. The van der Waals surface area contributed by atoms with Crippen LogP contribution in [0.5, 0.6) is 0 Å². The van der Waals surface area contributed by atoms with E-state index >= 15 is 0 Å². The molecule has 2 unspecified atom stereocenters. The molecule has 1 aliphatic carbocycles. The summed E-state index contributed by atoms with van der Waals surface area (Å²) in [6.45, 7) is 9.29. The van der Waals surface area contributed by atoms with Gasteiger partial charge in [-0.15, -0.1) is 0 Å². The molecular weight excluding hydrogens is 200 g/mol. The van der Waals surface area contributed by atoms with Crippen molar-refractivity contribution in [2.75, 3.05) is 13.1 Å². The van der Waals surface area contributed by atoms with Crippen LogP contribution in [-0.4, -0.2) is 29.9 Å². The lowest BCUT2D eigenvalue weighted by atomic mass is 9.85. The molecule has 0 aromatic carbocycles. The quantitative estimate of drug-likeness (QED) is 0.742. The van der Waals surface area contributed by atoms with Crippen molar-refractivity contribution >= 4 is 5.91 Å². The number of hydrogen-bond acceptors (Lipinski definition) is 2. The van der Waals surface area contributed by atoms with E-state index in [2.05, 4.69) is 6.58 Å². The highest BCUT2D eigenvalue weighted by Crippen LogP contribution is 2.25. The van der Waals surface area contributed by atoms with E-state index in [9.17, 15) is 4.79 Å². The number of carbonyl (C=O) groups is 1. The van der Waals surface area contributed by atoms with Gasteiger partial charge in [0.05, 0.1) is 0 Å². The third kappa shape index (κ3) is 3.63. The second kappa shape index (κ2) is 6.04. The van der Waals surface area contributed by atoms with Crippen LogP contribution in [0.4, 0.5) is 0 Å². The minimum absolute atomic E-state index is 0.142. The summed E-state index contributed by atoms with van der Waals surface area (Å²) in [4.78, 5) is 14.1. The second-order valence-electron chi connectivity index (χ2n) is 4.93. The summed E-state index contributed by atoms with van der Waals surface area (Å²) in [5.74, 6) is 0.406. The Labute approximate surface area is 98.7 Å². The molecule has 0 heterocycles. The van der Waals surface area contributed by atoms with Crippen molar-refractivity contribution in [2.24, 2.45) is 11.7 Å². The van der Waals surface area contributed by atoms with E-state index < -0.39 is 0 Å². The third-order valence-electron chi connectivity index (χ3n) is 3.22. The van der Waals surface area contributed by atoms with E-state index in [1.807, 2.05) is 18.7 Å². The fourth-order valence-corrected chi connectivity index (χ4v) is 2.38. The summed E-state index contributed by atoms with van der Waals surface area (Å²) in [7, 11) is 0. The van der Waals surface area contributed by atoms with Crippen LogP contribution in [0.25, 0.3) is 0 Å². The summed E-state index contributed by atoms with van der Waals surface area (Å²) in [5, 5.41) is 0. The molecule has 1 amide bonds. The Morgan fingerprint density at radius 2 is 2.19 bits per heavy atom.